The third-order valence-corrected chi connectivity index (χ3v) is 3.01. The molecule has 4 heteroatoms. The van der Waals surface area contributed by atoms with E-state index < -0.39 is 0 Å². The molecule has 1 N–H and O–H groups in total. The second kappa shape index (κ2) is 6.42. The smallest absolute Gasteiger partial charge is 0.0890 e. The molecule has 96 valence electrons. The van der Waals surface area contributed by atoms with E-state index in [0.29, 0.717) is 0 Å². The van der Waals surface area contributed by atoms with Gasteiger partial charge < -0.3 is 10.2 Å². The van der Waals surface area contributed by atoms with Crippen LogP contribution in [0.4, 0.5) is 0 Å². The molecule has 18 heavy (non-hydrogen) atoms. The molecule has 0 saturated carbocycles. The van der Waals surface area contributed by atoms with Gasteiger partial charge in [-0.15, -0.1) is 0 Å². The first kappa shape index (κ1) is 12.9. The minimum Gasteiger partial charge on any atom is -0.310 e. The van der Waals surface area contributed by atoms with Crippen LogP contribution in [0.2, 0.25) is 0 Å². The molecular formula is C14H20N4. The lowest BCUT2D eigenvalue weighted by Crippen LogP contribution is -2.29. The normalized spacial score (nSPS) is 11.3. The Morgan fingerprint density at radius 2 is 2.00 bits per heavy atom. The maximum Gasteiger partial charge on any atom is 0.0890 e. The predicted octanol–water partition coefficient (Wildman–Crippen LogP) is 1.67. The Hall–Kier alpha value is -1.52. The van der Waals surface area contributed by atoms with Crippen molar-refractivity contribution >= 4 is 11.0 Å². The van der Waals surface area contributed by atoms with Gasteiger partial charge in [0, 0.05) is 19.6 Å². The van der Waals surface area contributed by atoms with Crippen molar-refractivity contribution in [2.75, 3.05) is 26.7 Å². The van der Waals surface area contributed by atoms with Crippen LogP contribution < -0.4 is 5.32 Å². The van der Waals surface area contributed by atoms with E-state index >= 15 is 0 Å². The largest absolute Gasteiger partial charge is 0.310 e. The van der Waals surface area contributed by atoms with Crippen molar-refractivity contribution in [3.05, 3.63) is 36.2 Å². The van der Waals surface area contributed by atoms with Crippen molar-refractivity contribution in [3.8, 4) is 0 Å². The van der Waals surface area contributed by atoms with Crippen LogP contribution >= 0.6 is 0 Å². The average Bonchev–Trinajstić information content (AvgIpc) is 2.43. The topological polar surface area (TPSA) is 41.0 Å². The average molecular weight is 244 g/mol. The number of rotatable bonds is 6. The summed E-state index contributed by atoms with van der Waals surface area (Å²) in [6.07, 6.45) is 1.85. The highest BCUT2D eigenvalue weighted by atomic mass is 15.1. The monoisotopic (exact) mass is 244 g/mol. The minimum absolute atomic E-state index is 0.773. The summed E-state index contributed by atoms with van der Waals surface area (Å²) >= 11 is 0. The molecule has 0 atom stereocenters. The summed E-state index contributed by atoms with van der Waals surface area (Å²) in [5.74, 6) is 0. The molecule has 0 bridgehead atoms. The van der Waals surface area contributed by atoms with Crippen LogP contribution in [0, 0.1) is 0 Å². The number of likely N-dealkylation sites (N-methyl/N-ethyl adjacent to an activating group) is 1. The Bertz CT molecular complexity index is 498. The fraction of sp³-hybridized carbons (Fsp3) is 0.429. The molecule has 0 aliphatic carbocycles. The molecule has 1 heterocycles. The molecule has 2 aromatic rings. The first-order chi connectivity index (χ1) is 8.79. The lowest BCUT2D eigenvalue weighted by Gasteiger charge is -2.13. The van der Waals surface area contributed by atoms with Gasteiger partial charge in [-0.3, -0.25) is 4.98 Å². The highest BCUT2D eigenvalue weighted by Gasteiger charge is 1.99. The third-order valence-electron chi connectivity index (χ3n) is 3.01. The van der Waals surface area contributed by atoms with E-state index in [1.807, 2.05) is 30.5 Å². The van der Waals surface area contributed by atoms with E-state index in [4.69, 9.17) is 0 Å². The molecule has 0 aliphatic rings. The SMILES string of the molecule is CCN(C)CCNCc1cnc2ccccc2n1. The number of fused-ring (bicyclic) bond motifs is 1. The van der Waals surface area contributed by atoms with Gasteiger partial charge in [0.2, 0.25) is 0 Å². The third kappa shape index (κ3) is 3.48. The van der Waals surface area contributed by atoms with Gasteiger partial charge in [0.15, 0.2) is 0 Å². The highest BCUT2D eigenvalue weighted by Crippen LogP contribution is 2.07. The molecule has 0 spiro atoms. The number of nitrogens with zero attached hydrogens (tertiary/aromatic N) is 3. The summed E-state index contributed by atoms with van der Waals surface area (Å²) < 4.78 is 0. The summed E-state index contributed by atoms with van der Waals surface area (Å²) in [6.45, 7) is 6.04. The van der Waals surface area contributed by atoms with E-state index in [9.17, 15) is 0 Å². The zero-order valence-corrected chi connectivity index (χ0v) is 11.1. The molecule has 1 aromatic carbocycles. The van der Waals surface area contributed by atoms with Crippen molar-refractivity contribution in [3.63, 3.8) is 0 Å². The molecule has 2 rings (SSSR count). The minimum atomic E-state index is 0.773. The molecule has 0 aliphatic heterocycles. The molecule has 4 nitrogen and oxygen atoms in total. The van der Waals surface area contributed by atoms with E-state index in [-0.39, 0.29) is 0 Å². The Balaban J connectivity index is 1.88. The molecule has 0 unspecified atom stereocenters. The van der Waals surface area contributed by atoms with Gasteiger partial charge in [-0.1, -0.05) is 19.1 Å². The highest BCUT2D eigenvalue weighted by molar-refractivity contribution is 5.73. The van der Waals surface area contributed by atoms with Gasteiger partial charge >= 0.3 is 0 Å². The van der Waals surface area contributed by atoms with Crippen molar-refractivity contribution in [1.82, 2.24) is 20.2 Å². The molecular weight excluding hydrogens is 224 g/mol. The maximum absolute atomic E-state index is 4.57. The maximum atomic E-state index is 4.57. The molecule has 0 saturated heterocycles. The Kier molecular flexibility index (Phi) is 4.61. The second-order valence-electron chi connectivity index (χ2n) is 4.42. The lowest BCUT2D eigenvalue weighted by molar-refractivity contribution is 0.348. The van der Waals surface area contributed by atoms with Gasteiger partial charge in [0.05, 0.1) is 22.9 Å². The zero-order chi connectivity index (χ0) is 12.8. The van der Waals surface area contributed by atoms with E-state index in [0.717, 1.165) is 42.9 Å². The summed E-state index contributed by atoms with van der Waals surface area (Å²) in [5.41, 5.74) is 2.90. The van der Waals surface area contributed by atoms with Gasteiger partial charge in [-0.2, -0.15) is 0 Å². The van der Waals surface area contributed by atoms with Crippen LogP contribution in [0.3, 0.4) is 0 Å². The number of hydrogen-bond acceptors (Lipinski definition) is 4. The number of aromatic nitrogens is 2. The Morgan fingerprint density at radius 3 is 2.78 bits per heavy atom. The van der Waals surface area contributed by atoms with E-state index in [2.05, 4.69) is 34.2 Å². The summed E-state index contributed by atoms with van der Waals surface area (Å²) in [4.78, 5) is 11.2. The van der Waals surface area contributed by atoms with Gasteiger partial charge in [0.1, 0.15) is 0 Å². The Labute approximate surface area is 108 Å². The van der Waals surface area contributed by atoms with Crippen molar-refractivity contribution < 1.29 is 0 Å². The van der Waals surface area contributed by atoms with Crippen LogP contribution in [0.1, 0.15) is 12.6 Å². The lowest BCUT2D eigenvalue weighted by atomic mass is 10.3. The van der Waals surface area contributed by atoms with Gasteiger partial charge in [-0.05, 0) is 25.7 Å². The second-order valence-corrected chi connectivity index (χ2v) is 4.42. The van der Waals surface area contributed by atoms with Crippen molar-refractivity contribution in [2.45, 2.75) is 13.5 Å². The van der Waals surface area contributed by atoms with Gasteiger partial charge in [0.25, 0.3) is 0 Å². The van der Waals surface area contributed by atoms with E-state index in [1.54, 1.807) is 0 Å². The number of hydrogen-bond donors (Lipinski definition) is 1. The Morgan fingerprint density at radius 1 is 1.22 bits per heavy atom. The molecule has 0 radical (unpaired) electrons. The quantitative estimate of drug-likeness (QED) is 0.785. The van der Waals surface area contributed by atoms with Gasteiger partial charge in [-0.25, -0.2) is 4.98 Å². The van der Waals surface area contributed by atoms with Crippen LogP contribution in [0.15, 0.2) is 30.5 Å². The van der Waals surface area contributed by atoms with Crippen LogP contribution in [0.25, 0.3) is 11.0 Å². The van der Waals surface area contributed by atoms with Crippen LogP contribution in [-0.2, 0) is 6.54 Å². The fourth-order valence-corrected chi connectivity index (χ4v) is 1.73. The molecule has 0 fully saturated rings. The summed E-state index contributed by atoms with van der Waals surface area (Å²) in [5, 5.41) is 3.39. The molecule has 0 amide bonds. The first-order valence-electron chi connectivity index (χ1n) is 6.39. The number of para-hydroxylation sites is 2. The molecule has 1 aromatic heterocycles. The van der Waals surface area contributed by atoms with Crippen molar-refractivity contribution in [2.24, 2.45) is 0 Å². The van der Waals surface area contributed by atoms with E-state index in [1.165, 1.54) is 0 Å². The van der Waals surface area contributed by atoms with Crippen LogP contribution in [0.5, 0.6) is 0 Å². The summed E-state index contributed by atoms with van der Waals surface area (Å²) in [7, 11) is 2.12. The standard InChI is InChI=1S/C14H20N4/c1-3-18(2)9-8-15-10-12-11-16-13-6-4-5-7-14(13)17-12/h4-7,11,15H,3,8-10H2,1-2H3. The number of nitrogens with one attached hydrogen (secondary N) is 1. The first-order valence-corrected chi connectivity index (χ1v) is 6.39. The summed E-state index contributed by atoms with van der Waals surface area (Å²) in [6, 6.07) is 7.95. The van der Waals surface area contributed by atoms with Crippen LogP contribution in [-0.4, -0.2) is 41.5 Å². The fourth-order valence-electron chi connectivity index (χ4n) is 1.73. The van der Waals surface area contributed by atoms with Crippen molar-refractivity contribution in [1.29, 1.82) is 0 Å². The number of benzene rings is 1. The zero-order valence-electron chi connectivity index (χ0n) is 11.1. The predicted molar refractivity (Wildman–Crippen MR) is 74.4 cm³/mol.